The minimum atomic E-state index is -3.09. The Morgan fingerprint density at radius 3 is 2.53 bits per heavy atom. The summed E-state index contributed by atoms with van der Waals surface area (Å²) in [5.41, 5.74) is 2.23. The number of sulfone groups is 1. The average Bonchev–Trinajstić information content (AvgIpc) is 2.15. The zero-order valence-electron chi connectivity index (χ0n) is 9.37. The van der Waals surface area contributed by atoms with Crippen molar-refractivity contribution in [2.45, 2.75) is 18.2 Å². The molecule has 0 aliphatic rings. The fourth-order valence-corrected chi connectivity index (χ4v) is 2.08. The maximum Gasteiger partial charge on any atom is 0.175 e. The first-order valence-corrected chi connectivity index (χ1v) is 6.78. The first-order valence-electron chi connectivity index (χ1n) is 4.89. The van der Waals surface area contributed by atoms with Gasteiger partial charge in [-0.15, -0.1) is 0 Å². The standard InChI is InChI=1S/C11H17NO2S/c1-9-4-5-11(15(3,13)14)8-10(9)6-7-12-2/h4-5,8,12H,6-7H2,1-3H3. The average molecular weight is 227 g/mol. The van der Waals surface area contributed by atoms with Gasteiger partial charge in [0.1, 0.15) is 0 Å². The third-order valence-electron chi connectivity index (χ3n) is 2.39. The van der Waals surface area contributed by atoms with Crippen molar-refractivity contribution in [1.29, 1.82) is 0 Å². The molecule has 0 aliphatic heterocycles. The topological polar surface area (TPSA) is 46.2 Å². The van der Waals surface area contributed by atoms with Crippen LogP contribution < -0.4 is 5.32 Å². The molecule has 0 atom stereocenters. The Labute approximate surface area is 91.4 Å². The van der Waals surface area contributed by atoms with Gasteiger partial charge in [0.25, 0.3) is 0 Å². The molecule has 0 aliphatic carbocycles. The highest BCUT2D eigenvalue weighted by Crippen LogP contribution is 2.15. The van der Waals surface area contributed by atoms with E-state index in [1.165, 1.54) is 6.26 Å². The van der Waals surface area contributed by atoms with E-state index in [-0.39, 0.29) is 0 Å². The molecule has 3 nitrogen and oxygen atoms in total. The highest BCUT2D eigenvalue weighted by Gasteiger charge is 2.08. The van der Waals surface area contributed by atoms with Crippen molar-refractivity contribution in [3.05, 3.63) is 29.3 Å². The lowest BCUT2D eigenvalue weighted by atomic mass is 10.1. The largest absolute Gasteiger partial charge is 0.319 e. The van der Waals surface area contributed by atoms with Gasteiger partial charge in [-0.3, -0.25) is 0 Å². The summed E-state index contributed by atoms with van der Waals surface area (Å²) in [4.78, 5) is 0.402. The van der Waals surface area contributed by atoms with Gasteiger partial charge in [-0.25, -0.2) is 8.42 Å². The summed E-state index contributed by atoms with van der Waals surface area (Å²) < 4.78 is 22.7. The van der Waals surface area contributed by atoms with Crippen LogP contribution >= 0.6 is 0 Å². The van der Waals surface area contributed by atoms with Crippen molar-refractivity contribution in [2.75, 3.05) is 19.8 Å². The Morgan fingerprint density at radius 1 is 1.33 bits per heavy atom. The Hall–Kier alpha value is -0.870. The maximum absolute atomic E-state index is 11.4. The lowest BCUT2D eigenvalue weighted by Crippen LogP contribution is -2.11. The van der Waals surface area contributed by atoms with Crippen LogP contribution in [0.5, 0.6) is 0 Å². The van der Waals surface area contributed by atoms with Crippen LogP contribution in [0.15, 0.2) is 23.1 Å². The molecule has 0 unspecified atom stereocenters. The predicted molar refractivity (Wildman–Crippen MR) is 61.9 cm³/mol. The fraction of sp³-hybridized carbons (Fsp3) is 0.455. The Kier molecular flexibility index (Phi) is 3.88. The molecule has 0 heterocycles. The summed E-state index contributed by atoms with van der Waals surface area (Å²) in [7, 11) is -1.20. The molecule has 1 aromatic rings. The van der Waals surface area contributed by atoms with Crippen LogP contribution in [-0.2, 0) is 16.3 Å². The third-order valence-corrected chi connectivity index (χ3v) is 3.50. The van der Waals surface area contributed by atoms with Gasteiger partial charge in [0.05, 0.1) is 4.90 Å². The van der Waals surface area contributed by atoms with Crippen LogP contribution in [0.4, 0.5) is 0 Å². The molecule has 0 fully saturated rings. The maximum atomic E-state index is 11.4. The predicted octanol–water partition coefficient (Wildman–Crippen LogP) is 1.16. The monoisotopic (exact) mass is 227 g/mol. The summed E-state index contributed by atoms with van der Waals surface area (Å²) in [6.07, 6.45) is 2.09. The van der Waals surface area contributed by atoms with Crippen LogP contribution in [0.3, 0.4) is 0 Å². The van der Waals surface area contributed by atoms with Gasteiger partial charge in [0.2, 0.25) is 0 Å². The normalized spacial score (nSPS) is 11.7. The summed E-state index contributed by atoms with van der Waals surface area (Å²) >= 11 is 0. The van der Waals surface area contributed by atoms with E-state index in [0.717, 1.165) is 24.1 Å². The number of aryl methyl sites for hydroxylation is 1. The van der Waals surface area contributed by atoms with E-state index < -0.39 is 9.84 Å². The summed E-state index contributed by atoms with van der Waals surface area (Å²) in [6, 6.07) is 5.29. The molecule has 0 spiro atoms. The molecule has 0 saturated carbocycles. The molecule has 0 aromatic heterocycles. The number of nitrogens with one attached hydrogen (secondary N) is 1. The van der Waals surface area contributed by atoms with Gasteiger partial charge in [-0.1, -0.05) is 6.07 Å². The molecular weight excluding hydrogens is 210 g/mol. The minimum absolute atomic E-state index is 0.402. The van der Waals surface area contributed by atoms with Gasteiger partial charge in [0, 0.05) is 6.26 Å². The molecule has 0 amide bonds. The van der Waals surface area contributed by atoms with Crippen LogP contribution in [0, 0.1) is 6.92 Å². The highest BCUT2D eigenvalue weighted by molar-refractivity contribution is 7.90. The first-order chi connectivity index (χ1) is 6.95. The molecule has 0 saturated heterocycles. The summed E-state index contributed by atoms with van der Waals surface area (Å²) in [6.45, 7) is 2.85. The quantitative estimate of drug-likeness (QED) is 0.839. The molecule has 1 aromatic carbocycles. The smallest absolute Gasteiger partial charge is 0.175 e. The SMILES string of the molecule is CNCCc1cc(S(C)(=O)=O)ccc1C. The van der Waals surface area contributed by atoms with Crippen LogP contribution in [0.2, 0.25) is 0 Å². The molecule has 4 heteroatoms. The lowest BCUT2D eigenvalue weighted by Gasteiger charge is -2.07. The lowest BCUT2D eigenvalue weighted by molar-refractivity contribution is 0.601. The highest BCUT2D eigenvalue weighted by atomic mass is 32.2. The van der Waals surface area contributed by atoms with Crippen molar-refractivity contribution < 1.29 is 8.42 Å². The Bertz CT molecular complexity index is 438. The van der Waals surface area contributed by atoms with E-state index >= 15 is 0 Å². The van der Waals surface area contributed by atoms with Crippen LogP contribution in [-0.4, -0.2) is 28.3 Å². The van der Waals surface area contributed by atoms with Gasteiger partial charge in [-0.05, 0) is 50.2 Å². The van der Waals surface area contributed by atoms with Gasteiger partial charge < -0.3 is 5.32 Å². The number of benzene rings is 1. The van der Waals surface area contributed by atoms with Crippen LogP contribution in [0.1, 0.15) is 11.1 Å². The molecule has 0 bridgehead atoms. The Balaban J connectivity index is 3.06. The molecule has 15 heavy (non-hydrogen) atoms. The van der Waals surface area contributed by atoms with Crippen molar-refractivity contribution >= 4 is 9.84 Å². The second-order valence-corrected chi connectivity index (χ2v) is 5.73. The molecule has 1 rings (SSSR count). The first kappa shape index (κ1) is 12.2. The summed E-state index contributed by atoms with van der Waals surface area (Å²) in [5.74, 6) is 0. The third kappa shape index (κ3) is 3.32. The molecule has 84 valence electrons. The van der Waals surface area contributed by atoms with Crippen molar-refractivity contribution in [3.8, 4) is 0 Å². The number of rotatable bonds is 4. The van der Waals surface area contributed by atoms with E-state index in [0.29, 0.717) is 4.90 Å². The van der Waals surface area contributed by atoms with Gasteiger partial charge >= 0.3 is 0 Å². The van der Waals surface area contributed by atoms with E-state index in [1.54, 1.807) is 12.1 Å². The van der Waals surface area contributed by atoms with Gasteiger partial charge in [-0.2, -0.15) is 0 Å². The molecule has 0 radical (unpaired) electrons. The fourth-order valence-electron chi connectivity index (χ4n) is 1.41. The van der Waals surface area contributed by atoms with E-state index in [1.807, 2.05) is 20.0 Å². The molecular formula is C11H17NO2S. The van der Waals surface area contributed by atoms with Gasteiger partial charge in [0.15, 0.2) is 9.84 Å². The van der Waals surface area contributed by atoms with E-state index in [2.05, 4.69) is 5.32 Å². The second kappa shape index (κ2) is 4.77. The van der Waals surface area contributed by atoms with Crippen molar-refractivity contribution in [1.82, 2.24) is 5.32 Å². The van der Waals surface area contributed by atoms with Crippen molar-refractivity contribution in [2.24, 2.45) is 0 Å². The van der Waals surface area contributed by atoms with E-state index in [9.17, 15) is 8.42 Å². The Morgan fingerprint density at radius 2 is 2.00 bits per heavy atom. The number of hydrogen-bond acceptors (Lipinski definition) is 3. The van der Waals surface area contributed by atoms with E-state index in [4.69, 9.17) is 0 Å². The zero-order chi connectivity index (χ0) is 11.5. The van der Waals surface area contributed by atoms with Crippen LogP contribution in [0.25, 0.3) is 0 Å². The number of hydrogen-bond donors (Lipinski definition) is 1. The zero-order valence-corrected chi connectivity index (χ0v) is 10.2. The minimum Gasteiger partial charge on any atom is -0.319 e. The second-order valence-electron chi connectivity index (χ2n) is 3.71. The van der Waals surface area contributed by atoms with Crippen molar-refractivity contribution in [3.63, 3.8) is 0 Å². The summed E-state index contributed by atoms with van der Waals surface area (Å²) in [5, 5.41) is 3.05. The number of likely N-dealkylation sites (N-methyl/N-ethyl adjacent to an activating group) is 1. The molecule has 1 N–H and O–H groups in total.